The molecule has 0 aliphatic rings. The largest absolute Gasteiger partial charge is 0.408 e. The fourth-order valence-corrected chi connectivity index (χ4v) is 3.19. The van der Waals surface area contributed by atoms with Gasteiger partial charge in [0.05, 0.1) is 6.20 Å². The highest BCUT2D eigenvalue weighted by Crippen LogP contribution is 2.42. The van der Waals surface area contributed by atoms with Crippen LogP contribution in [-0.2, 0) is 0 Å². The Labute approximate surface area is 140 Å². The molecule has 0 aliphatic heterocycles. The number of hydrogen-bond acceptors (Lipinski definition) is 3. The smallest absolute Gasteiger partial charge is 0.260 e. The molecular weight excluding hydrogens is 352 g/mol. The molecule has 8 heteroatoms. The Morgan fingerprint density at radius 2 is 1.87 bits per heavy atom. The molecule has 0 N–H and O–H groups in total. The third-order valence-electron chi connectivity index (χ3n) is 3.00. The Morgan fingerprint density at radius 1 is 1.22 bits per heavy atom. The van der Waals surface area contributed by atoms with Gasteiger partial charge in [0.1, 0.15) is 11.9 Å². The summed E-state index contributed by atoms with van der Waals surface area (Å²) < 4.78 is 55.0. The highest BCUT2D eigenvalue weighted by molar-refractivity contribution is 7.97. The van der Waals surface area contributed by atoms with Gasteiger partial charge in [0, 0.05) is 22.7 Å². The number of benzene rings is 1. The summed E-state index contributed by atoms with van der Waals surface area (Å²) >= 11 is 6.56. The van der Waals surface area contributed by atoms with Crippen molar-refractivity contribution in [1.82, 2.24) is 9.29 Å². The van der Waals surface area contributed by atoms with E-state index in [0.717, 1.165) is 28.5 Å². The predicted octanol–water partition coefficient (Wildman–Crippen LogP) is 5.51. The lowest BCUT2D eigenvalue weighted by Crippen LogP contribution is -2.34. The molecule has 0 bridgehead atoms. The minimum absolute atomic E-state index is 0.0700. The summed E-state index contributed by atoms with van der Waals surface area (Å²) in [6, 6.07) is 4.82. The van der Waals surface area contributed by atoms with Crippen molar-refractivity contribution in [3.8, 4) is 0 Å². The van der Waals surface area contributed by atoms with E-state index >= 15 is 0 Å². The third-order valence-corrected chi connectivity index (χ3v) is 4.39. The van der Waals surface area contributed by atoms with Gasteiger partial charge in [-0.1, -0.05) is 30.7 Å². The van der Waals surface area contributed by atoms with Gasteiger partial charge in [-0.05, 0) is 35.7 Å². The molecule has 0 spiro atoms. The van der Waals surface area contributed by atoms with Crippen LogP contribution in [0.25, 0.3) is 0 Å². The van der Waals surface area contributed by atoms with Crippen molar-refractivity contribution in [2.75, 3.05) is 6.54 Å². The van der Waals surface area contributed by atoms with E-state index in [1.807, 2.05) is 0 Å². The maximum atomic E-state index is 13.5. The number of aromatic nitrogens is 1. The van der Waals surface area contributed by atoms with Crippen LogP contribution in [0.15, 0.2) is 47.6 Å². The molecule has 0 amide bonds. The van der Waals surface area contributed by atoms with Crippen LogP contribution in [0.3, 0.4) is 0 Å². The molecular formula is C15H13ClF4N2S. The molecule has 2 aromatic rings. The van der Waals surface area contributed by atoms with Crippen LogP contribution in [0.4, 0.5) is 17.6 Å². The first-order valence-electron chi connectivity index (χ1n) is 6.68. The van der Waals surface area contributed by atoms with Gasteiger partial charge < -0.3 is 0 Å². The zero-order valence-electron chi connectivity index (χ0n) is 12.0. The molecule has 2 rings (SSSR count). The summed E-state index contributed by atoms with van der Waals surface area (Å²) in [5, 5.41) is 0.361. The van der Waals surface area contributed by atoms with Gasteiger partial charge in [-0.2, -0.15) is 13.2 Å². The summed E-state index contributed by atoms with van der Waals surface area (Å²) in [5.41, 5.74) is 0.0700. The van der Waals surface area contributed by atoms with Crippen LogP contribution < -0.4 is 0 Å². The topological polar surface area (TPSA) is 16.1 Å². The van der Waals surface area contributed by atoms with E-state index < -0.39 is 18.0 Å². The lowest BCUT2D eigenvalue weighted by atomic mass is 10.1. The molecule has 1 aromatic heterocycles. The van der Waals surface area contributed by atoms with Crippen molar-refractivity contribution >= 4 is 23.5 Å². The Bertz CT molecular complexity index is 649. The summed E-state index contributed by atoms with van der Waals surface area (Å²) in [5.74, 6) is -0.596. The van der Waals surface area contributed by atoms with Crippen LogP contribution in [-0.4, -0.2) is 22.0 Å². The lowest BCUT2D eigenvalue weighted by Gasteiger charge is -2.31. The fourth-order valence-electron chi connectivity index (χ4n) is 2.04. The first-order chi connectivity index (χ1) is 10.8. The van der Waals surface area contributed by atoms with Gasteiger partial charge in [0.25, 0.3) is 0 Å². The number of alkyl halides is 3. The molecule has 0 radical (unpaired) electrons. The first kappa shape index (κ1) is 18.0. The fraction of sp³-hybridized carbons (Fsp3) is 0.267. The SMILES string of the molecule is CCN(Sc1cncc(F)c1)C(c1ccc(Cl)cc1)C(F)(F)F. The Kier molecular flexibility index (Phi) is 5.89. The van der Waals surface area contributed by atoms with E-state index in [-0.39, 0.29) is 12.1 Å². The van der Waals surface area contributed by atoms with E-state index in [1.54, 1.807) is 6.92 Å². The molecule has 0 saturated carbocycles. The molecule has 0 fully saturated rings. The molecule has 23 heavy (non-hydrogen) atoms. The van der Waals surface area contributed by atoms with Crippen molar-refractivity contribution < 1.29 is 17.6 Å². The number of rotatable bonds is 5. The summed E-state index contributed by atoms with van der Waals surface area (Å²) in [7, 11) is 0. The summed E-state index contributed by atoms with van der Waals surface area (Å²) in [4.78, 5) is 3.96. The number of hydrogen-bond donors (Lipinski definition) is 0. The van der Waals surface area contributed by atoms with E-state index in [4.69, 9.17) is 11.6 Å². The normalized spacial score (nSPS) is 13.3. The van der Waals surface area contributed by atoms with Crippen molar-refractivity contribution in [2.24, 2.45) is 0 Å². The van der Waals surface area contributed by atoms with E-state index in [9.17, 15) is 17.6 Å². The maximum absolute atomic E-state index is 13.5. The van der Waals surface area contributed by atoms with Gasteiger partial charge in [-0.25, -0.2) is 8.70 Å². The number of nitrogens with zero attached hydrogens (tertiary/aromatic N) is 2. The van der Waals surface area contributed by atoms with Crippen molar-refractivity contribution in [3.05, 3.63) is 59.1 Å². The first-order valence-corrected chi connectivity index (χ1v) is 7.83. The quantitative estimate of drug-likeness (QED) is 0.514. The third kappa shape index (κ3) is 4.83. The Hall–Kier alpha value is -1.31. The standard InChI is InChI=1S/C15H13ClF4N2S/c1-2-22(23-13-7-12(17)8-21-9-13)14(15(18,19)20)10-3-5-11(16)6-4-10/h3-9,14H,2H2,1H3. The molecule has 124 valence electrons. The summed E-state index contributed by atoms with van der Waals surface area (Å²) in [6.07, 6.45) is -2.16. The lowest BCUT2D eigenvalue weighted by molar-refractivity contribution is -0.172. The van der Waals surface area contributed by atoms with Crippen LogP contribution in [0, 0.1) is 5.82 Å². The molecule has 0 aliphatic carbocycles. The second-order valence-corrected chi connectivity index (χ2v) is 6.22. The van der Waals surface area contributed by atoms with Crippen molar-refractivity contribution in [2.45, 2.75) is 24.0 Å². The molecule has 1 heterocycles. The molecule has 2 nitrogen and oxygen atoms in total. The predicted molar refractivity (Wildman–Crippen MR) is 82.7 cm³/mol. The molecule has 1 aromatic carbocycles. The van der Waals surface area contributed by atoms with Gasteiger partial charge in [0.15, 0.2) is 0 Å². The second kappa shape index (κ2) is 7.51. The van der Waals surface area contributed by atoms with E-state index in [1.165, 1.54) is 30.5 Å². The van der Waals surface area contributed by atoms with Crippen LogP contribution in [0.5, 0.6) is 0 Å². The average Bonchev–Trinajstić information content (AvgIpc) is 2.47. The second-order valence-electron chi connectivity index (χ2n) is 4.66. The maximum Gasteiger partial charge on any atom is 0.408 e. The van der Waals surface area contributed by atoms with Crippen LogP contribution >= 0.6 is 23.5 Å². The number of pyridine rings is 1. The van der Waals surface area contributed by atoms with E-state index in [2.05, 4.69) is 4.98 Å². The molecule has 1 unspecified atom stereocenters. The van der Waals surface area contributed by atoms with Crippen molar-refractivity contribution in [1.29, 1.82) is 0 Å². The average molecular weight is 365 g/mol. The zero-order valence-corrected chi connectivity index (χ0v) is 13.6. The van der Waals surface area contributed by atoms with Crippen LogP contribution in [0.2, 0.25) is 5.02 Å². The van der Waals surface area contributed by atoms with Gasteiger partial charge >= 0.3 is 6.18 Å². The highest BCUT2D eigenvalue weighted by atomic mass is 35.5. The van der Waals surface area contributed by atoms with Gasteiger partial charge in [0.2, 0.25) is 0 Å². The Balaban J connectivity index is 2.34. The van der Waals surface area contributed by atoms with Gasteiger partial charge in [-0.15, -0.1) is 0 Å². The molecule has 1 atom stereocenters. The minimum Gasteiger partial charge on any atom is -0.260 e. The monoisotopic (exact) mass is 364 g/mol. The van der Waals surface area contributed by atoms with Crippen LogP contribution in [0.1, 0.15) is 18.5 Å². The highest BCUT2D eigenvalue weighted by Gasteiger charge is 2.44. The number of halogens is 5. The zero-order chi connectivity index (χ0) is 17.0. The summed E-state index contributed by atoms with van der Waals surface area (Å²) in [6.45, 7) is 1.71. The van der Waals surface area contributed by atoms with E-state index in [0.29, 0.717) is 9.92 Å². The Morgan fingerprint density at radius 3 is 2.39 bits per heavy atom. The molecule has 0 saturated heterocycles. The van der Waals surface area contributed by atoms with Crippen molar-refractivity contribution in [3.63, 3.8) is 0 Å². The minimum atomic E-state index is -4.49. The van der Waals surface area contributed by atoms with Gasteiger partial charge in [-0.3, -0.25) is 4.98 Å².